The number of nitrogens with zero attached hydrogens (tertiary/aromatic N) is 1. The zero-order chi connectivity index (χ0) is 21.1. The molecule has 28 heavy (non-hydrogen) atoms. The van der Waals surface area contributed by atoms with E-state index in [0.717, 1.165) is 17.7 Å². The van der Waals surface area contributed by atoms with Gasteiger partial charge in [0.2, 0.25) is 5.91 Å². The third-order valence-corrected chi connectivity index (χ3v) is 4.44. The SMILES string of the molecule is CCN(Cc1cc(C)ccc1-c1cc(CC(=O)O)cc(C(F)(F)F)c1)C(C)=O. The van der Waals surface area contributed by atoms with E-state index in [1.807, 2.05) is 19.9 Å². The molecule has 0 heterocycles. The highest BCUT2D eigenvalue weighted by molar-refractivity contribution is 5.76. The Hall–Kier alpha value is -2.83. The summed E-state index contributed by atoms with van der Waals surface area (Å²) in [6.07, 6.45) is -5.10. The summed E-state index contributed by atoms with van der Waals surface area (Å²) in [5, 5.41) is 9.00. The fourth-order valence-corrected chi connectivity index (χ4v) is 3.07. The van der Waals surface area contributed by atoms with Crippen molar-refractivity contribution in [3.05, 3.63) is 58.7 Å². The molecule has 150 valence electrons. The van der Waals surface area contributed by atoms with E-state index in [2.05, 4.69) is 0 Å². The van der Waals surface area contributed by atoms with Gasteiger partial charge in [-0.05, 0) is 48.2 Å². The van der Waals surface area contributed by atoms with Crippen LogP contribution in [0, 0.1) is 6.92 Å². The molecule has 1 amide bonds. The van der Waals surface area contributed by atoms with E-state index < -0.39 is 24.1 Å². The van der Waals surface area contributed by atoms with Gasteiger partial charge in [0.1, 0.15) is 0 Å². The van der Waals surface area contributed by atoms with E-state index in [1.165, 1.54) is 13.0 Å². The zero-order valence-corrected chi connectivity index (χ0v) is 15.9. The van der Waals surface area contributed by atoms with Gasteiger partial charge in [-0.2, -0.15) is 13.2 Å². The Kier molecular flexibility index (Phi) is 6.48. The fraction of sp³-hybridized carbons (Fsp3) is 0.333. The first-order valence-electron chi connectivity index (χ1n) is 8.79. The molecule has 0 atom stereocenters. The summed E-state index contributed by atoms with van der Waals surface area (Å²) in [5.41, 5.74) is 1.62. The molecule has 0 aliphatic heterocycles. The molecule has 0 fully saturated rings. The van der Waals surface area contributed by atoms with Gasteiger partial charge in [0.15, 0.2) is 0 Å². The molecule has 0 aromatic heterocycles. The van der Waals surface area contributed by atoms with E-state index in [1.54, 1.807) is 17.0 Å². The van der Waals surface area contributed by atoms with Crippen molar-refractivity contribution in [2.24, 2.45) is 0 Å². The molecule has 1 N–H and O–H groups in total. The number of alkyl halides is 3. The van der Waals surface area contributed by atoms with E-state index in [9.17, 15) is 22.8 Å². The Balaban J connectivity index is 2.62. The van der Waals surface area contributed by atoms with Gasteiger partial charge < -0.3 is 10.0 Å². The van der Waals surface area contributed by atoms with Crippen molar-refractivity contribution in [2.75, 3.05) is 6.54 Å². The van der Waals surface area contributed by atoms with Crippen LogP contribution in [0.3, 0.4) is 0 Å². The number of aryl methyl sites for hydroxylation is 1. The molecule has 0 unspecified atom stereocenters. The lowest BCUT2D eigenvalue weighted by atomic mass is 9.93. The number of hydrogen-bond acceptors (Lipinski definition) is 2. The smallest absolute Gasteiger partial charge is 0.416 e. The lowest BCUT2D eigenvalue weighted by Gasteiger charge is -2.22. The van der Waals surface area contributed by atoms with Gasteiger partial charge in [-0.25, -0.2) is 0 Å². The van der Waals surface area contributed by atoms with E-state index in [-0.39, 0.29) is 23.6 Å². The van der Waals surface area contributed by atoms with Crippen LogP contribution in [0.1, 0.15) is 36.1 Å². The van der Waals surface area contributed by atoms with Gasteiger partial charge in [-0.3, -0.25) is 9.59 Å². The summed E-state index contributed by atoms with van der Waals surface area (Å²) < 4.78 is 40.0. The third kappa shape index (κ3) is 5.34. The number of amides is 1. The molecule has 0 spiro atoms. The molecule has 0 aliphatic carbocycles. The Morgan fingerprint density at radius 2 is 1.79 bits per heavy atom. The Morgan fingerprint density at radius 1 is 1.11 bits per heavy atom. The van der Waals surface area contributed by atoms with Crippen LogP contribution in [0.2, 0.25) is 0 Å². The second-order valence-electron chi connectivity index (χ2n) is 6.68. The minimum absolute atomic E-state index is 0.0720. The molecule has 0 bridgehead atoms. The maximum Gasteiger partial charge on any atom is 0.416 e. The van der Waals surface area contributed by atoms with Crippen LogP contribution in [0.4, 0.5) is 13.2 Å². The van der Waals surface area contributed by atoms with Crippen molar-refractivity contribution in [3.8, 4) is 11.1 Å². The predicted molar refractivity (Wildman–Crippen MR) is 99.7 cm³/mol. The lowest BCUT2D eigenvalue weighted by Crippen LogP contribution is -2.28. The number of carbonyl (C=O) groups is 2. The van der Waals surface area contributed by atoms with Crippen LogP contribution in [-0.2, 0) is 28.7 Å². The number of hydrogen-bond donors (Lipinski definition) is 1. The quantitative estimate of drug-likeness (QED) is 0.776. The standard InChI is InChI=1S/C21H22F3NO3/c1-4-25(14(3)26)12-17-7-13(2)5-6-19(17)16-8-15(10-20(27)28)9-18(11-16)21(22,23)24/h5-9,11H,4,10,12H2,1-3H3,(H,27,28). The number of carbonyl (C=O) groups excluding carboxylic acids is 1. The first kappa shape index (κ1) is 21.5. The van der Waals surface area contributed by atoms with Gasteiger partial charge in [0.05, 0.1) is 12.0 Å². The summed E-state index contributed by atoms with van der Waals surface area (Å²) in [7, 11) is 0. The van der Waals surface area contributed by atoms with Crippen LogP contribution in [0.15, 0.2) is 36.4 Å². The van der Waals surface area contributed by atoms with Gasteiger partial charge >= 0.3 is 12.1 Å². The third-order valence-electron chi connectivity index (χ3n) is 4.44. The van der Waals surface area contributed by atoms with E-state index in [0.29, 0.717) is 17.7 Å². The first-order valence-corrected chi connectivity index (χ1v) is 8.79. The normalized spacial score (nSPS) is 11.4. The summed E-state index contributed by atoms with van der Waals surface area (Å²) in [6.45, 7) is 5.85. The van der Waals surface area contributed by atoms with Crippen molar-refractivity contribution in [1.29, 1.82) is 0 Å². The van der Waals surface area contributed by atoms with Crippen molar-refractivity contribution >= 4 is 11.9 Å². The summed E-state index contributed by atoms with van der Waals surface area (Å²) in [5.74, 6) is -1.34. The molecule has 7 heteroatoms. The van der Waals surface area contributed by atoms with Crippen LogP contribution < -0.4 is 0 Å². The molecule has 0 saturated carbocycles. The summed E-state index contributed by atoms with van der Waals surface area (Å²) in [6, 6.07) is 8.65. The predicted octanol–water partition coefficient (Wildman–Crippen LogP) is 4.68. The van der Waals surface area contributed by atoms with Gasteiger partial charge in [0, 0.05) is 20.0 Å². The molecule has 0 aliphatic rings. The molecule has 0 radical (unpaired) electrons. The van der Waals surface area contributed by atoms with E-state index in [4.69, 9.17) is 5.11 Å². The number of benzene rings is 2. The van der Waals surface area contributed by atoms with Gasteiger partial charge in [-0.1, -0.05) is 29.8 Å². The average Bonchev–Trinajstić information content (AvgIpc) is 2.57. The highest BCUT2D eigenvalue weighted by Crippen LogP contribution is 2.35. The van der Waals surface area contributed by atoms with Crippen molar-refractivity contribution in [1.82, 2.24) is 4.90 Å². The second kappa shape index (κ2) is 8.46. The topological polar surface area (TPSA) is 57.6 Å². The minimum Gasteiger partial charge on any atom is -0.481 e. The van der Waals surface area contributed by atoms with Crippen LogP contribution >= 0.6 is 0 Å². The molecular formula is C21H22F3NO3. The van der Waals surface area contributed by atoms with Crippen LogP contribution in [0.5, 0.6) is 0 Å². The monoisotopic (exact) mass is 393 g/mol. The highest BCUT2D eigenvalue weighted by atomic mass is 19.4. The van der Waals surface area contributed by atoms with Crippen LogP contribution in [-0.4, -0.2) is 28.4 Å². The summed E-state index contributed by atoms with van der Waals surface area (Å²) >= 11 is 0. The number of rotatable bonds is 6. The number of carboxylic acid groups (broad SMARTS) is 1. The van der Waals surface area contributed by atoms with Crippen LogP contribution in [0.25, 0.3) is 11.1 Å². The van der Waals surface area contributed by atoms with Crippen molar-refractivity contribution < 1.29 is 27.9 Å². The molecular weight excluding hydrogens is 371 g/mol. The largest absolute Gasteiger partial charge is 0.481 e. The van der Waals surface area contributed by atoms with Crippen molar-refractivity contribution in [3.63, 3.8) is 0 Å². The average molecular weight is 393 g/mol. The number of halogens is 3. The molecule has 2 aromatic carbocycles. The second-order valence-corrected chi connectivity index (χ2v) is 6.68. The molecule has 4 nitrogen and oxygen atoms in total. The molecule has 2 rings (SSSR count). The van der Waals surface area contributed by atoms with E-state index >= 15 is 0 Å². The fourth-order valence-electron chi connectivity index (χ4n) is 3.07. The molecule has 2 aromatic rings. The maximum atomic E-state index is 13.3. The minimum atomic E-state index is -4.59. The van der Waals surface area contributed by atoms with Gasteiger partial charge in [0.25, 0.3) is 0 Å². The Labute approximate surface area is 161 Å². The first-order chi connectivity index (χ1) is 13.0. The highest BCUT2D eigenvalue weighted by Gasteiger charge is 2.31. The van der Waals surface area contributed by atoms with Crippen molar-refractivity contribution in [2.45, 2.75) is 39.9 Å². The Morgan fingerprint density at radius 3 is 2.32 bits per heavy atom. The molecule has 0 saturated heterocycles. The zero-order valence-electron chi connectivity index (χ0n) is 15.9. The maximum absolute atomic E-state index is 13.3. The number of aliphatic carboxylic acids is 1. The number of carboxylic acids is 1. The Bertz CT molecular complexity index is 891. The van der Waals surface area contributed by atoms with Gasteiger partial charge in [-0.15, -0.1) is 0 Å². The lowest BCUT2D eigenvalue weighted by molar-refractivity contribution is -0.138. The summed E-state index contributed by atoms with van der Waals surface area (Å²) in [4.78, 5) is 24.4.